The van der Waals surface area contributed by atoms with E-state index in [1.807, 2.05) is 24.3 Å². The Labute approximate surface area is 170 Å². The third-order valence-electron chi connectivity index (χ3n) is 5.04. The smallest absolute Gasteiger partial charge is 0.268 e. The van der Waals surface area contributed by atoms with Crippen LogP contribution in [0.4, 0.5) is 0 Å². The molecule has 1 aliphatic carbocycles. The fourth-order valence-corrected chi connectivity index (χ4v) is 5.15. The first-order valence-electron chi connectivity index (χ1n) is 8.45. The largest absolute Gasteiger partial charge is 0.349 e. The number of nitrogens with one attached hydrogen (secondary N) is 2. The van der Waals surface area contributed by atoms with Crippen LogP contribution in [-0.2, 0) is 11.2 Å². The Morgan fingerprint density at radius 1 is 1.30 bits per heavy atom. The highest BCUT2D eigenvalue weighted by molar-refractivity contribution is 7.23. The molecule has 3 aromatic rings. The minimum atomic E-state index is -0.231. The van der Waals surface area contributed by atoms with E-state index in [4.69, 9.17) is 23.2 Å². The molecule has 140 valence electrons. The molecule has 2 amide bonds. The molecule has 27 heavy (non-hydrogen) atoms. The van der Waals surface area contributed by atoms with Gasteiger partial charge in [0.15, 0.2) is 0 Å². The van der Waals surface area contributed by atoms with Crippen molar-refractivity contribution in [2.45, 2.75) is 25.4 Å². The number of carbonyl (C=O) groups excluding carboxylic acids is 2. The van der Waals surface area contributed by atoms with Gasteiger partial charge in [0.05, 0.1) is 27.3 Å². The predicted molar refractivity (Wildman–Crippen MR) is 109 cm³/mol. The highest BCUT2D eigenvalue weighted by Gasteiger charge is 2.37. The van der Waals surface area contributed by atoms with Gasteiger partial charge in [-0.15, -0.1) is 11.3 Å². The summed E-state index contributed by atoms with van der Waals surface area (Å²) in [5.74, 6) is -0.275. The van der Waals surface area contributed by atoms with Gasteiger partial charge in [0.1, 0.15) is 10.0 Å². The molecule has 0 saturated carbocycles. The van der Waals surface area contributed by atoms with E-state index in [0.29, 0.717) is 27.0 Å². The third kappa shape index (κ3) is 3.12. The monoisotopic (exact) mass is 421 g/mol. The minimum Gasteiger partial charge on any atom is -0.349 e. The number of benzene rings is 1. The van der Waals surface area contributed by atoms with Gasteiger partial charge in [0.2, 0.25) is 5.91 Å². The van der Waals surface area contributed by atoms with Gasteiger partial charge in [0.25, 0.3) is 5.91 Å². The molecule has 4 rings (SSSR count). The van der Waals surface area contributed by atoms with Crippen molar-refractivity contribution in [1.29, 1.82) is 0 Å². The van der Waals surface area contributed by atoms with Crippen molar-refractivity contribution in [3.8, 4) is 0 Å². The van der Waals surface area contributed by atoms with Crippen LogP contribution in [0, 0.1) is 0 Å². The Kier molecular flexibility index (Phi) is 4.66. The van der Waals surface area contributed by atoms with E-state index in [2.05, 4.69) is 10.3 Å². The summed E-state index contributed by atoms with van der Waals surface area (Å²) in [5, 5.41) is 3.51. The topological polar surface area (TPSA) is 65.2 Å². The van der Waals surface area contributed by atoms with Gasteiger partial charge in [-0.1, -0.05) is 47.5 Å². The molecule has 0 bridgehead atoms. The zero-order valence-corrected chi connectivity index (χ0v) is 17.0. The number of halogens is 2. The SMILES string of the molecule is CC(=O)N(C)[C@@H]1c2ccccc2C[C@H]1NC(=O)c1cc2sc(Cl)c(Cl)c2[nH]1. The summed E-state index contributed by atoms with van der Waals surface area (Å²) in [6.45, 7) is 1.53. The van der Waals surface area contributed by atoms with Crippen LogP contribution in [0.3, 0.4) is 0 Å². The zero-order chi connectivity index (χ0) is 19.3. The first kappa shape index (κ1) is 18.3. The number of aromatic amines is 1. The highest BCUT2D eigenvalue weighted by atomic mass is 35.5. The molecule has 8 heteroatoms. The summed E-state index contributed by atoms with van der Waals surface area (Å²) in [5.41, 5.74) is 3.31. The molecule has 0 radical (unpaired) electrons. The second kappa shape index (κ2) is 6.86. The van der Waals surface area contributed by atoms with E-state index < -0.39 is 0 Å². The maximum atomic E-state index is 12.8. The fraction of sp³-hybridized carbons (Fsp3) is 0.263. The van der Waals surface area contributed by atoms with E-state index in [-0.39, 0.29) is 23.9 Å². The Bertz CT molecular complexity index is 1060. The van der Waals surface area contributed by atoms with Crippen molar-refractivity contribution in [3.63, 3.8) is 0 Å². The third-order valence-corrected chi connectivity index (χ3v) is 6.98. The molecule has 2 heterocycles. The molecular weight excluding hydrogens is 405 g/mol. The fourth-order valence-electron chi connectivity index (χ4n) is 3.67. The first-order chi connectivity index (χ1) is 12.9. The van der Waals surface area contributed by atoms with Crippen LogP contribution in [0.2, 0.25) is 9.36 Å². The second-order valence-electron chi connectivity index (χ2n) is 6.67. The molecule has 0 aliphatic heterocycles. The summed E-state index contributed by atoms with van der Waals surface area (Å²) < 4.78 is 1.33. The van der Waals surface area contributed by atoms with Gasteiger partial charge in [-0.05, 0) is 23.6 Å². The van der Waals surface area contributed by atoms with Gasteiger partial charge >= 0.3 is 0 Å². The summed E-state index contributed by atoms with van der Waals surface area (Å²) in [6, 6.07) is 9.32. The van der Waals surface area contributed by atoms with Gasteiger partial charge in [0, 0.05) is 14.0 Å². The van der Waals surface area contributed by atoms with Crippen LogP contribution in [0.25, 0.3) is 10.2 Å². The second-order valence-corrected chi connectivity index (χ2v) is 8.70. The number of fused-ring (bicyclic) bond motifs is 2. The number of aromatic nitrogens is 1. The van der Waals surface area contributed by atoms with Crippen LogP contribution in [-0.4, -0.2) is 34.8 Å². The average molecular weight is 422 g/mol. The molecule has 1 aliphatic rings. The summed E-state index contributed by atoms with van der Waals surface area (Å²) in [7, 11) is 1.76. The maximum absolute atomic E-state index is 12.8. The van der Waals surface area contributed by atoms with Crippen LogP contribution < -0.4 is 5.32 Å². The van der Waals surface area contributed by atoms with E-state index in [0.717, 1.165) is 15.8 Å². The van der Waals surface area contributed by atoms with E-state index in [9.17, 15) is 9.59 Å². The Morgan fingerprint density at radius 3 is 2.74 bits per heavy atom. The van der Waals surface area contributed by atoms with Gasteiger partial charge in [-0.2, -0.15) is 0 Å². The molecule has 0 fully saturated rings. The average Bonchev–Trinajstić information content (AvgIpc) is 3.27. The Balaban J connectivity index is 1.61. The molecular formula is C19H17Cl2N3O2S. The van der Waals surface area contributed by atoms with Crippen LogP contribution in [0.15, 0.2) is 30.3 Å². The van der Waals surface area contributed by atoms with Crippen molar-refractivity contribution in [2.24, 2.45) is 0 Å². The number of nitrogens with zero attached hydrogens (tertiary/aromatic N) is 1. The zero-order valence-electron chi connectivity index (χ0n) is 14.7. The number of hydrogen-bond donors (Lipinski definition) is 2. The van der Waals surface area contributed by atoms with E-state index >= 15 is 0 Å². The minimum absolute atomic E-state index is 0.0437. The lowest BCUT2D eigenvalue weighted by Crippen LogP contribution is -2.44. The number of hydrogen-bond acceptors (Lipinski definition) is 3. The molecule has 2 N–H and O–H groups in total. The normalized spacial score (nSPS) is 18.5. The lowest BCUT2D eigenvalue weighted by molar-refractivity contribution is -0.130. The summed E-state index contributed by atoms with van der Waals surface area (Å²) >= 11 is 13.5. The molecule has 0 unspecified atom stereocenters. The molecule has 1 aromatic carbocycles. The molecule has 5 nitrogen and oxygen atoms in total. The van der Waals surface area contributed by atoms with Crippen molar-refractivity contribution >= 4 is 56.6 Å². The summed E-state index contributed by atoms with van der Waals surface area (Å²) in [6.07, 6.45) is 0.672. The number of likely N-dealkylation sites (N-methyl/N-ethyl adjacent to an activating group) is 1. The molecule has 0 saturated heterocycles. The first-order valence-corrected chi connectivity index (χ1v) is 10.0. The molecule has 2 atom stereocenters. The lowest BCUT2D eigenvalue weighted by atomic mass is 10.1. The maximum Gasteiger partial charge on any atom is 0.268 e. The lowest BCUT2D eigenvalue weighted by Gasteiger charge is -2.30. The van der Waals surface area contributed by atoms with Gasteiger partial charge in [-0.3, -0.25) is 9.59 Å². The Hall–Kier alpha value is -2.02. The van der Waals surface area contributed by atoms with Crippen molar-refractivity contribution < 1.29 is 9.59 Å². The Morgan fingerprint density at radius 2 is 2.04 bits per heavy atom. The quantitative estimate of drug-likeness (QED) is 0.657. The van der Waals surface area contributed by atoms with Crippen LogP contribution in [0.5, 0.6) is 0 Å². The van der Waals surface area contributed by atoms with Crippen molar-refractivity contribution in [3.05, 3.63) is 56.5 Å². The number of thiophene rings is 1. The van der Waals surface area contributed by atoms with E-state index in [1.165, 1.54) is 18.3 Å². The molecule has 0 spiro atoms. The number of amides is 2. The van der Waals surface area contributed by atoms with Crippen LogP contribution >= 0.6 is 34.5 Å². The van der Waals surface area contributed by atoms with E-state index in [1.54, 1.807) is 18.0 Å². The van der Waals surface area contributed by atoms with Gasteiger partial charge < -0.3 is 15.2 Å². The number of H-pyrrole nitrogens is 1. The highest BCUT2D eigenvalue weighted by Crippen LogP contribution is 2.39. The molecule has 2 aromatic heterocycles. The standard InChI is InChI=1S/C19H17Cl2N3O2S/c1-9(25)24(2)17-11-6-4-3-5-10(11)7-12(17)23-19(26)13-8-14-16(22-13)15(20)18(21)27-14/h3-6,8,12,17,22H,7H2,1-2H3,(H,23,26)/t12-,17-/m1/s1. The van der Waals surface area contributed by atoms with Crippen molar-refractivity contribution in [2.75, 3.05) is 7.05 Å². The summed E-state index contributed by atoms with van der Waals surface area (Å²) in [4.78, 5) is 29.5. The number of rotatable bonds is 3. The van der Waals surface area contributed by atoms with Gasteiger partial charge in [-0.25, -0.2) is 0 Å². The predicted octanol–water partition coefficient (Wildman–Crippen LogP) is 4.41. The van der Waals surface area contributed by atoms with Crippen LogP contribution in [0.1, 0.15) is 34.6 Å². The number of carbonyl (C=O) groups is 2. The van der Waals surface area contributed by atoms with Crippen molar-refractivity contribution in [1.82, 2.24) is 15.2 Å².